The minimum Gasteiger partial charge on any atom is -0.497 e. The van der Waals surface area contributed by atoms with Crippen LogP contribution in [0.15, 0.2) is 53.3 Å². The number of aliphatic hydroxyl groups is 1. The molecular formula is C29H38N2O5. The van der Waals surface area contributed by atoms with Crippen molar-refractivity contribution in [3.05, 3.63) is 60.2 Å². The lowest BCUT2D eigenvalue weighted by atomic mass is 9.79. The summed E-state index contributed by atoms with van der Waals surface area (Å²) >= 11 is 0. The summed E-state index contributed by atoms with van der Waals surface area (Å²) in [6.07, 6.45) is 9.48. The third-order valence-corrected chi connectivity index (χ3v) is 7.58. The first kappa shape index (κ1) is 26.2. The normalized spacial score (nSPS) is 19.4. The maximum absolute atomic E-state index is 11.3. The Morgan fingerprint density at radius 3 is 2.89 bits per heavy atom. The average molecular weight is 495 g/mol. The Hall–Kier alpha value is -2.90. The summed E-state index contributed by atoms with van der Waals surface area (Å²) in [7, 11) is 1.64. The molecule has 3 atom stereocenters. The Morgan fingerprint density at radius 1 is 1.22 bits per heavy atom. The number of ether oxygens (including phenoxy) is 1. The number of hydrogen-bond acceptors (Lipinski definition) is 6. The van der Waals surface area contributed by atoms with Gasteiger partial charge >= 0.3 is 5.97 Å². The van der Waals surface area contributed by atoms with Crippen LogP contribution in [0, 0.1) is 11.8 Å². The Balaban J connectivity index is 1.33. The van der Waals surface area contributed by atoms with Crippen molar-refractivity contribution in [2.24, 2.45) is 11.8 Å². The summed E-state index contributed by atoms with van der Waals surface area (Å²) in [6.45, 7) is 3.00. The van der Waals surface area contributed by atoms with E-state index in [1.54, 1.807) is 19.6 Å². The lowest BCUT2D eigenvalue weighted by molar-refractivity contribution is -0.137. The van der Waals surface area contributed by atoms with E-state index in [2.05, 4.69) is 9.88 Å². The number of likely N-dealkylation sites (tertiary alicyclic amines) is 1. The molecule has 0 saturated carbocycles. The highest BCUT2D eigenvalue weighted by atomic mass is 16.5. The van der Waals surface area contributed by atoms with E-state index >= 15 is 0 Å². The minimum atomic E-state index is -0.735. The van der Waals surface area contributed by atoms with Crippen molar-refractivity contribution in [2.45, 2.75) is 57.5 Å². The summed E-state index contributed by atoms with van der Waals surface area (Å²) in [5.74, 6) is 1.80. The summed E-state index contributed by atoms with van der Waals surface area (Å²) in [4.78, 5) is 18.2. The molecule has 0 unspecified atom stereocenters. The molecule has 1 aliphatic rings. The molecule has 194 valence electrons. The van der Waals surface area contributed by atoms with E-state index in [-0.39, 0.29) is 6.42 Å². The zero-order valence-corrected chi connectivity index (χ0v) is 21.1. The fraction of sp³-hybridized carbons (Fsp3) is 0.517. The molecule has 0 aliphatic carbocycles. The smallest absolute Gasteiger partial charge is 0.303 e. The highest BCUT2D eigenvalue weighted by Gasteiger charge is 2.30. The lowest BCUT2D eigenvalue weighted by Crippen LogP contribution is -2.41. The molecule has 7 nitrogen and oxygen atoms in total. The maximum Gasteiger partial charge on any atom is 0.303 e. The van der Waals surface area contributed by atoms with Gasteiger partial charge in [-0.15, -0.1) is 0 Å². The van der Waals surface area contributed by atoms with Crippen molar-refractivity contribution >= 4 is 16.9 Å². The molecule has 7 heteroatoms. The largest absolute Gasteiger partial charge is 0.497 e. The van der Waals surface area contributed by atoms with Crippen molar-refractivity contribution in [1.29, 1.82) is 0 Å². The van der Waals surface area contributed by atoms with Crippen LogP contribution in [-0.2, 0) is 11.2 Å². The van der Waals surface area contributed by atoms with Gasteiger partial charge in [0.2, 0.25) is 0 Å². The molecule has 0 amide bonds. The van der Waals surface area contributed by atoms with Gasteiger partial charge in [-0.1, -0.05) is 0 Å². The van der Waals surface area contributed by atoms with E-state index in [1.807, 2.05) is 36.4 Å². The van der Waals surface area contributed by atoms with Crippen LogP contribution in [0.5, 0.6) is 5.75 Å². The van der Waals surface area contributed by atoms with Gasteiger partial charge in [0.05, 0.1) is 25.0 Å². The monoisotopic (exact) mass is 494 g/mol. The van der Waals surface area contributed by atoms with Gasteiger partial charge in [0, 0.05) is 31.0 Å². The summed E-state index contributed by atoms with van der Waals surface area (Å²) in [5.41, 5.74) is 1.71. The number of unbranched alkanes of at least 4 members (excludes halogenated alkanes) is 1. The van der Waals surface area contributed by atoms with Crippen molar-refractivity contribution in [2.75, 3.05) is 26.7 Å². The SMILES string of the molecule is COc1ccc2nccc([C@H](O)CC[C@@H]3CCN(CCCCc4ccco4)C[C@H]3CCC(=O)O)c2c1. The first-order valence-corrected chi connectivity index (χ1v) is 13.1. The first-order valence-electron chi connectivity index (χ1n) is 13.1. The number of piperidine rings is 1. The quantitative estimate of drug-likeness (QED) is 0.304. The average Bonchev–Trinajstić information content (AvgIpc) is 3.42. The van der Waals surface area contributed by atoms with Crippen LogP contribution in [-0.4, -0.2) is 52.8 Å². The number of nitrogens with zero attached hydrogens (tertiary/aromatic N) is 2. The van der Waals surface area contributed by atoms with Crippen LogP contribution in [0.25, 0.3) is 10.9 Å². The van der Waals surface area contributed by atoms with Crippen LogP contribution in [0.2, 0.25) is 0 Å². The second-order valence-electron chi connectivity index (χ2n) is 9.95. The molecule has 1 fully saturated rings. The zero-order valence-electron chi connectivity index (χ0n) is 21.1. The van der Waals surface area contributed by atoms with Crippen LogP contribution in [0.4, 0.5) is 0 Å². The van der Waals surface area contributed by atoms with Crippen LogP contribution >= 0.6 is 0 Å². The predicted molar refractivity (Wildman–Crippen MR) is 139 cm³/mol. The predicted octanol–water partition coefficient (Wildman–Crippen LogP) is 5.48. The van der Waals surface area contributed by atoms with Gasteiger partial charge in [0.1, 0.15) is 11.5 Å². The molecule has 0 spiro atoms. The molecule has 1 saturated heterocycles. The van der Waals surface area contributed by atoms with E-state index in [4.69, 9.17) is 9.15 Å². The highest BCUT2D eigenvalue weighted by Crippen LogP contribution is 2.35. The maximum atomic E-state index is 11.3. The second kappa shape index (κ2) is 12.9. The molecule has 3 aromatic rings. The Kier molecular flexibility index (Phi) is 9.36. The number of rotatable bonds is 13. The highest BCUT2D eigenvalue weighted by molar-refractivity contribution is 5.83. The van der Waals surface area contributed by atoms with Gasteiger partial charge in [0.15, 0.2) is 0 Å². The summed E-state index contributed by atoms with van der Waals surface area (Å²) in [5, 5.41) is 21.3. The van der Waals surface area contributed by atoms with Gasteiger partial charge in [-0.25, -0.2) is 0 Å². The Labute approximate surface area is 213 Å². The topological polar surface area (TPSA) is 96.0 Å². The molecule has 2 aromatic heterocycles. The van der Waals surface area contributed by atoms with Gasteiger partial charge in [-0.3, -0.25) is 9.78 Å². The molecule has 1 aliphatic heterocycles. The van der Waals surface area contributed by atoms with Gasteiger partial charge in [-0.2, -0.15) is 0 Å². The molecule has 1 aromatic carbocycles. The van der Waals surface area contributed by atoms with Crippen molar-refractivity contribution in [3.63, 3.8) is 0 Å². The lowest BCUT2D eigenvalue weighted by Gasteiger charge is -2.39. The van der Waals surface area contributed by atoms with Gasteiger partial charge < -0.3 is 24.3 Å². The Morgan fingerprint density at radius 2 is 2.11 bits per heavy atom. The van der Waals surface area contributed by atoms with E-state index in [9.17, 15) is 15.0 Å². The van der Waals surface area contributed by atoms with E-state index in [1.165, 1.54) is 0 Å². The number of carbonyl (C=O) groups is 1. The fourth-order valence-corrected chi connectivity index (χ4v) is 5.56. The molecule has 3 heterocycles. The Bertz CT molecular complexity index is 1100. The first-order chi connectivity index (χ1) is 17.5. The molecule has 36 heavy (non-hydrogen) atoms. The number of fused-ring (bicyclic) bond motifs is 1. The number of hydrogen-bond donors (Lipinski definition) is 2. The summed E-state index contributed by atoms with van der Waals surface area (Å²) < 4.78 is 10.8. The number of benzene rings is 1. The summed E-state index contributed by atoms with van der Waals surface area (Å²) in [6, 6.07) is 11.6. The standard InChI is InChI=1S/C29H38N2O5/c1-35-24-9-10-27-26(19-24)25(13-15-30-27)28(32)11-7-21-14-17-31(20-22(21)8-12-29(33)34)16-3-2-5-23-6-4-18-36-23/h4,6,9-10,13,15,18-19,21-22,28,32H,2-3,5,7-8,11-12,14,16-17,20H2,1H3,(H,33,34)/t21-,22-,28-/m1/s1. The number of methoxy groups -OCH3 is 1. The molecule has 0 radical (unpaired) electrons. The molecule has 2 N–H and O–H groups in total. The molecular weight excluding hydrogens is 456 g/mol. The van der Waals surface area contributed by atoms with Gasteiger partial charge in [0.25, 0.3) is 0 Å². The number of aliphatic hydroxyl groups excluding tert-OH is 1. The number of carboxylic acids is 1. The van der Waals surface area contributed by atoms with Crippen LogP contribution in [0.3, 0.4) is 0 Å². The third-order valence-electron chi connectivity index (χ3n) is 7.58. The second-order valence-corrected chi connectivity index (χ2v) is 9.95. The zero-order chi connectivity index (χ0) is 25.3. The third kappa shape index (κ3) is 7.08. The van der Waals surface area contributed by atoms with Crippen molar-refractivity contribution < 1.29 is 24.2 Å². The minimum absolute atomic E-state index is 0.199. The number of carboxylic acid groups (broad SMARTS) is 1. The fourth-order valence-electron chi connectivity index (χ4n) is 5.56. The number of aromatic nitrogens is 1. The number of furan rings is 1. The van der Waals surface area contributed by atoms with E-state index in [0.717, 1.165) is 79.7 Å². The number of aliphatic carboxylic acids is 1. The molecule has 0 bridgehead atoms. The van der Waals surface area contributed by atoms with Crippen molar-refractivity contribution in [3.8, 4) is 5.75 Å². The van der Waals surface area contributed by atoms with E-state index in [0.29, 0.717) is 24.7 Å². The van der Waals surface area contributed by atoms with E-state index < -0.39 is 12.1 Å². The van der Waals surface area contributed by atoms with Gasteiger partial charge in [-0.05, 0) is 105 Å². The van der Waals surface area contributed by atoms with Crippen LogP contribution < -0.4 is 4.74 Å². The van der Waals surface area contributed by atoms with Crippen LogP contribution in [0.1, 0.15) is 62.4 Å². The number of aryl methyl sites for hydroxylation is 1. The van der Waals surface area contributed by atoms with Crippen molar-refractivity contribution in [1.82, 2.24) is 9.88 Å². The number of pyridine rings is 1. The molecule has 4 rings (SSSR count).